The zero-order valence-electron chi connectivity index (χ0n) is 18.6. The van der Waals surface area contributed by atoms with Crippen molar-refractivity contribution in [2.45, 2.75) is 39.8 Å². The number of H-pyrrole nitrogens is 1. The Morgan fingerprint density at radius 1 is 1.24 bits per heavy atom. The zero-order valence-corrected chi connectivity index (χ0v) is 19.4. The maximum Gasteiger partial charge on any atom is 0.293 e. The van der Waals surface area contributed by atoms with Crippen molar-refractivity contribution < 1.29 is 9.90 Å². The Kier molecular flexibility index (Phi) is 6.24. The van der Waals surface area contributed by atoms with Crippen molar-refractivity contribution in [1.82, 2.24) is 19.9 Å². The van der Waals surface area contributed by atoms with Crippen LogP contribution in [0.2, 0.25) is 5.02 Å². The average molecular weight is 465 g/mol. The van der Waals surface area contributed by atoms with Gasteiger partial charge in [0.05, 0.1) is 29.0 Å². The standard InChI is InChI=1S/C25H25ClN4O3/c1-14(2)16-6-4-5-7-17(16)19-10-15(3)30(25(33)24(19)32)13-22(31)28-12-21-23(26)18-8-9-27-11-20(18)29-21/h4-11,14,29,32H,12-13H2,1-3H3,(H,28,31). The number of hydrogen-bond donors (Lipinski definition) is 3. The third kappa shape index (κ3) is 4.36. The molecule has 3 heterocycles. The summed E-state index contributed by atoms with van der Waals surface area (Å²) in [7, 11) is 0. The Morgan fingerprint density at radius 2 is 2.00 bits per heavy atom. The van der Waals surface area contributed by atoms with Crippen LogP contribution in [0, 0.1) is 6.92 Å². The number of rotatable bonds is 6. The fraction of sp³-hybridized carbons (Fsp3) is 0.240. The summed E-state index contributed by atoms with van der Waals surface area (Å²) in [5.74, 6) is -0.517. The summed E-state index contributed by atoms with van der Waals surface area (Å²) in [6.07, 6.45) is 3.31. The van der Waals surface area contributed by atoms with Crippen molar-refractivity contribution >= 4 is 28.4 Å². The van der Waals surface area contributed by atoms with Gasteiger partial charge >= 0.3 is 0 Å². The van der Waals surface area contributed by atoms with Gasteiger partial charge in [0.15, 0.2) is 5.75 Å². The SMILES string of the molecule is Cc1cc(-c2ccccc2C(C)C)c(O)c(=O)n1CC(=O)NCc1[nH]c2cnccc2c1Cl. The fourth-order valence-electron chi connectivity index (χ4n) is 3.98. The molecule has 0 aliphatic carbocycles. The highest BCUT2D eigenvalue weighted by Crippen LogP contribution is 2.33. The zero-order chi connectivity index (χ0) is 23.7. The second-order valence-corrected chi connectivity index (χ2v) is 8.67. The van der Waals surface area contributed by atoms with Crippen LogP contribution in [0.15, 0.2) is 53.6 Å². The van der Waals surface area contributed by atoms with E-state index in [0.29, 0.717) is 22.0 Å². The maximum atomic E-state index is 12.9. The number of carbonyl (C=O) groups excluding carboxylic acids is 1. The van der Waals surface area contributed by atoms with Crippen LogP contribution in [0.25, 0.3) is 22.0 Å². The van der Waals surface area contributed by atoms with Crippen LogP contribution in [0.5, 0.6) is 5.75 Å². The van der Waals surface area contributed by atoms with E-state index in [-0.39, 0.29) is 30.7 Å². The molecular formula is C25H25ClN4O3. The van der Waals surface area contributed by atoms with Crippen LogP contribution in [0.3, 0.4) is 0 Å². The molecule has 0 radical (unpaired) electrons. The number of carbonyl (C=O) groups is 1. The van der Waals surface area contributed by atoms with Gasteiger partial charge in [0.2, 0.25) is 5.91 Å². The van der Waals surface area contributed by atoms with E-state index in [1.165, 1.54) is 4.57 Å². The first-order chi connectivity index (χ1) is 15.8. The molecule has 0 unspecified atom stereocenters. The summed E-state index contributed by atoms with van der Waals surface area (Å²) >= 11 is 6.38. The number of aromatic hydroxyl groups is 1. The number of amides is 1. The third-order valence-electron chi connectivity index (χ3n) is 5.73. The van der Waals surface area contributed by atoms with Gasteiger partial charge in [-0.05, 0) is 36.1 Å². The minimum Gasteiger partial charge on any atom is -0.503 e. The van der Waals surface area contributed by atoms with Gasteiger partial charge in [-0.2, -0.15) is 0 Å². The molecule has 3 aromatic heterocycles. The second kappa shape index (κ2) is 9.11. The maximum absolute atomic E-state index is 12.9. The molecule has 0 saturated heterocycles. The van der Waals surface area contributed by atoms with E-state index in [0.717, 1.165) is 22.0 Å². The number of halogens is 1. The number of hydrogen-bond acceptors (Lipinski definition) is 4. The summed E-state index contributed by atoms with van der Waals surface area (Å²) < 4.78 is 1.27. The second-order valence-electron chi connectivity index (χ2n) is 8.30. The lowest BCUT2D eigenvalue weighted by Gasteiger charge is -2.17. The molecule has 0 atom stereocenters. The highest BCUT2D eigenvalue weighted by Gasteiger charge is 2.18. The summed E-state index contributed by atoms with van der Waals surface area (Å²) in [6.45, 7) is 5.82. The molecule has 4 rings (SSSR count). The Labute approximate surface area is 196 Å². The Morgan fingerprint density at radius 3 is 2.73 bits per heavy atom. The number of aryl methyl sites for hydroxylation is 1. The summed E-state index contributed by atoms with van der Waals surface area (Å²) in [5, 5.41) is 14.8. The van der Waals surface area contributed by atoms with Crippen LogP contribution in [-0.4, -0.2) is 25.5 Å². The quantitative estimate of drug-likeness (QED) is 0.391. The van der Waals surface area contributed by atoms with Gasteiger partial charge in [0.1, 0.15) is 6.54 Å². The van der Waals surface area contributed by atoms with Crippen LogP contribution >= 0.6 is 11.6 Å². The predicted octanol–water partition coefficient (Wildman–Crippen LogP) is 4.50. The van der Waals surface area contributed by atoms with Crippen molar-refractivity contribution in [3.63, 3.8) is 0 Å². The lowest BCUT2D eigenvalue weighted by molar-refractivity contribution is -0.121. The molecule has 1 aromatic carbocycles. The van der Waals surface area contributed by atoms with Crippen molar-refractivity contribution in [2.75, 3.05) is 0 Å². The largest absolute Gasteiger partial charge is 0.503 e. The molecule has 0 aliphatic heterocycles. The van der Waals surface area contributed by atoms with Crippen molar-refractivity contribution in [3.8, 4) is 16.9 Å². The molecular weight excluding hydrogens is 440 g/mol. The van der Waals surface area contributed by atoms with Gasteiger partial charge in [-0.15, -0.1) is 0 Å². The van der Waals surface area contributed by atoms with Crippen LogP contribution < -0.4 is 10.9 Å². The van der Waals surface area contributed by atoms with Gasteiger partial charge in [0.25, 0.3) is 5.56 Å². The molecule has 1 amide bonds. The Bertz CT molecular complexity index is 1400. The molecule has 0 fully saturated rings. The number of pyridine rings is 2. The number of fused-ring (bicyclic) bond motifs is 1. The van der Waals surface area contributed by atoms with Gasteiger partial charge < -0.3 is 20.0 Å². The first kappa shape index (κ1) is 22.6. The van der Waals surface area contributed by atoms with Gasteiger partial charge in [-0.3, -0.25) is 14.6 Å². The third-order valence-corrected chi connectivity index (χ3v) is 6.16. The van der Waals surface area contributed by atoms with E-state index in [2.05, 4.69) is 29.1 Å². The van der Waals surface area contributed by atoms with Crippen molar-refractivity contribution in [2.24, 2.45) is 0 Å². The predicted molar refractivity (Wildman–Crippen MR) is 130 cm³/mol. The molecule has 0 spiro atoms. The molecule has 8 heteroatoms. The molecule has 7 nitrogen and oxygen atoms in total. The summed E-state index contributed by atoms with van der Waals surface area (Å²) in [6, 6.07) is 11.2. The minimum absolute atomic E-state index is 0.173. The topological polar surface area (TPSA) is 100 Å². The number of aromatic nitrogens is 3. The van der Waals surface area contributed by atoms with E-state index in [1.807, 2.05) is 24.3 Å². The molecule has 0 bridgehead atoms. The number of nitrogens with zero attached hydrogens (tertiary/aromatic N) is 2. The first-order valence-corrected chi connectivity index (χ1v) is 11.0. The van der Waals surface area contributed by atoms with E-state index in [1.54, 1.807) is 31.5 Å². The summed E-state index contributed by atoms with van der Waals surface area (Å²) in [5.41, 5.74) is 3.72. The van der Waals surface area contributed by atoms with Gasteiger partial charge in [-0.1, -0.05) is 49.7 Å². The fourth-order valence-corrected chi connectivity index (χ4v) is 4.26. The Hall–Kier alpha value is -3.58. The monoisotopic (exact) mass is 464 g/mol. The smallest absolute Gasteiger partial charge is 0.293 e. The average Bonchev–Trinajstić information content (AvgIpc) is 3.13. The van der Waals surface area contributed by atoms with E-state index >= 15 is 0 Å². The van der Waals surface area contributed by atoms with Gasteiger partial charge in [-0.25, -0.2) is 0 Å². The highest BCUT2D eigenvalue weighted by molar-refractivity contribution is 6.36. The highest BCUT2D eigenvalue weighted by atomic mass is 35.5. The minimum atomic E-state index is -0.603. The molecule has 4 aromatic rings. The van der Waals surface area contributed by atoms with Gasteiger partial charge in [0, 0.05) is 22.8 Å². The molecule has 0 aliphatic rings. The molecule has 3 N–H and O–H groups in total. The number of nitrogens with one attached hydrogen (secondary N) is 2. The van der Waals surface area contributed by atoms with Crippen molar-refractivity contribution in [3.05, 3.63) is 81.1 Å². The lowest BCUT2D eigenvalue weighted by Crippen LogP contribution is -2.33. The van der Waals surface area contributed by atoms with Crippen LogP contribution in [0.4, 0.5) is 0 Å². The molecule has 170 valence electrons. The molecule has 33 heavy (non-hydrogen) atoms. The first-order valence-electron chi connectivity index (χ1n) is 10.7. The number of aromatic amines is 1. The van der Waals surface area contributed by atoms with E-state index in [4.69, 9.17) is 11.6 Å². The van der Waals surface area contributed by atoms with E-state index in [9.17, 15) is 14.7 Å². The van der Waals surface area contributed by atoms with Crippen LogP contribution in [0.1, 0.15) is 36.7 Å². The van der Waals surface area contributed by atoms with E-state index < -0.39 is 5.56 Å². The lowest BCUT2D eigenvalue weighted by atomic mass is 9.92. The normalized spacial score (nSPS) is 11.3. The number of benzene rings is 1. The summed E-state index contributed by atoms with van der Waals surface area (Å²) in [4.78, 5) is 32.7. The van der Waals surface area contributed by atoms with Crippen molar-refractivity contribution in [1.29, 1.82) is 0 Å². The Balaban J connectivity index is 1.56. The van der Waals surface area contributed by atoms with Crippen LogP contribution in [-0.2, 0) is 17.9 Å². The molecule has 0 saturated carbocycles.